The van der Waals surface area contributed by atoms with Crippen LogP contribution in [0.25, 0.3) is 0 Å². The highest BCUT2D eigenvalue weighted by Gasteiger charge is 2.31. The summed E-state index contributed by atoms with van der Waals surface area (Å²) in [4.78, 5) is 23.8. The van der Waals surface area contributed by atoms with Crippen molar-refractivity contribution in [3.63, 3.8) is 0 Å². The molecule has 25 heavy (non-hydrogen) atoms. The van der Waals surface area contributed by atoms with E-state index in [1.54, 1.807) is 19.1 Å². The fourth-order valence-corrected chi connectivity index (χ4v) is 3.69. The molecule has 2 rings (SSSR count). The van der Waals surface area contributed by atoms with Crippen LogP contribution in [0.5, 0.6) is 0 Å². The summed E-state index contributed by atoms with van der Waals surface area (Å²) in [6, 6.07) is 5.09. The number of carbonyl (C=O) groups is 2. The van der Waals surface area contributed by atoms with Crippen LogP contribution in [-0.2, 0) is 30.6 Å². The molecule has 1 aliphatic heterocycles. The molecule has 0 saturated carbocycles. The van der Waals surface area contributed by atoms with E-state index in [0.717, 1.165) is 6.42 Å². The monoisotopic (exact) mass is 369 g/mol. The van der Waals surface area contributed by atoms with Gasteiger partial charge in [0, 0.05) is 12.5 Å². The third-order valence-corrected chi connectivity index (χ3v) is 6.03. The molecule has 7 nitrogen and oxygen atoms in total. The van der Waals surface area contributed by atoms with Gasteiger partial charge in [0.1, 0.15) is 6.04 Å². The number of amides is 1. The van der Waals surface area contributed by atoms with E-state index in [1.807, 2.05) is 0 Å². The third-order valence-electron chi connectivity index (χ3n) is 4.28. The molecule has 1 aromatic carbocycles. The second kappa shape index (κ2) is 8.44. The topological polar surface area (TPSA) is 110 Å². The maximum atomic E-state index is 12.2. The minimum Gasteiger partial charge on any atom is -0.480 e. The average Bonchev–Trinajstić information content (AvgIpc) is 2.60. The quantitative estimate of drug-likeness (QED) is 0.742. The van der Waals surface area contributed by atoms with Gasteiger partial charge in [0.05, 0.1) is 23.7 Å². The van der Waals surface area contributed by atoms with Crippen molar-refractivity contribution in [2.45, 2.75) is 37.1 Å². The van der Waals surface area contributed by atoms with E-state index in [1.165, 1.54) is 12.1 Å². The van der Waals surface area contributed by atoms with Gasteiger partial charge in [0.25, 0.3) is 0 Å². The summed E-state index contributed by atoms with van der Waals surface area (Å²) in [6.45, 7) is 2.50. The van der Waals surface area contributed by atoms with Crippen molar-refractivity contribution in [2.24, 2.45) is 5.92 Å². The minimum atomic E-state index is -3.28. The molecule has 1 amide bonds. The van der Waals surface area contributed by atoms with E-state index in [-0.39, 0.29) is 23.0 Å². The number of hydrogen-bond donors (Lipinski definition) is 2. The van der Waals surface area contributed by atoms with Gasteiger partial charge in [-0.1, -0.05) is 19.1 Å². The molecule has 1 aromatic rings. The zero-order chi connectivity index (χ0) is 18.4. The van der Waals surface area contributed by atoms with Gasteiger partial charge in [-0.15, -0.1) is 0 Å². The highest BCUT2D eigenvalue weighted by molar-refractivity contribution is 7.91. The molecule has 0 aromatic heterocycles. The van der Waals surface area contributed by atoms with Crippen molar-refractivity contribution in [1.29, 1.82) is 0 Å². The molecule has 2 N–H and O–H groups in total. The summed E-state index contributed by atoms with van der Waals surface area (Å²) in [5.41, 5.74) is 0.622. The molecule has 2 atom stereocenters. The molecule has 1 aliphatic rings. The number of aliphatic carboxylic acids is 1. The van der Waals surface area contributed by atoms with Crippen LogP contribution >= 0.6 is 0 Å². The Morgan fingerprint density at radius 2 is 2.00 bits per heavy atom. The van der Waals surface area contributed by atoms with Crippen molar-refractivity contribution in [3.8, 4) is 0 Å². The Morgan fingerprint density at radius 3 is 2.52 bits per heavy atom. The van der Waals surface area contributed by atoms with Crippen LogP contribution in [-0.4, -0.2) is 50.4 Å². The molecule has 0 bridgehead atoms. The Bertz CT molecular complexity index is 707. The fourth-order valence-electron chi connectivity index (χ4n) is 2.80. The predicted octanol–water partition coefficient (Wildman–Crippen LogP) is 1.02. The summed E-state index contributed by atoms with van der Waals surface area (Å²) < 4.78 is 28.8. The lowest BCUT2D eigenvalue weighted by Crippen LogP contribution is -2.48. The van der Waals surface area contributed by atoms with Crippen LogP contribution in [0.1, 0.15) is 25.3 Å². The normalized spacial score (nSPS) is 19.2. The molecule has 1 saturated heterocycles. The number of ether oxygens (including phenoxy) is 1. The van der Waals surface area contributed by atoms with E-state index in [4.69, 9.17) is 4.74 Å². The summed E-state index contributed by atoms with van der Waals surface area (Å²) in [7, 11) is -3.28. The Kier molecular flexibility index (Phi) is 6.55. The van der Waals surface area contributed by atoms with Crippen molar-refractivity contribution in [1.82, 2.24) is 5.32 Å². The summed E-state index contributed by atoms with van der Waals surface area (Å²) in [6.07, 6.45) is 1.46. The van der Waals surface area contributed by atoms with Gasteiger partial charge in [-0.25, -0.2) is 13.2 Å². The Hall–Kier alpha value is -1.93. The molecular weight excluding hydrogens is 346 g/mol. The fraction of sp³-hybridized carbons (Fsp3) is 0.529. The largest absolute Gasteiger partial charge is 0.480 e. The van der Waals surface area contributed by atoms with Crippen LogP contribution < -0.4 is 5.32 Å². The molecule has 2 unspecified atom stereocenters. The van der Waals surface area contributed by atoms with Gasteiger partial charge in [0.2, 0.25) is 5.91 Å². The van der Waals surface area contributed by atoms with Crippen molar-refractivity contribution in [2.75, 3.05) is 19.0 Å². The van der Waals surface area contributed by atoms with Gasteiger partial charge in [-0.2, -0.15) is 0 Å². The Morgan fingerprint density at radius 1 is 1.32 bits per heavy atom. The zero-order valence-corrected chi connectivity index (χ0v) is 14.9. The first kappa shape index (κ1) is 19.4. The number of hydrogen-bond acceptors (Lipinski definition) is 5. The molecule has 0 radical (unpaired) electrons. The molecule has 0 aliphatic carbocycles. The molecule has 138 valence electrons. The van der Waals surface area contributed by atoms with E-state index >= 15 is 0 Å². The number of carbonyl (C=O) groups excluding carboxylic acids is 1. The number of carboxylic acid groups (broad SMARTS) is 1. The van der Waals surface area contributed by atoms with E-state index in [0.29, 0.717) is 25.2 Å². The van der Waals surface area contributed by atoms with Crippen LogP contribution in [0.4, 0.5) is 0 Å². The lowest BCUT2D eigenvalue weighted by Gasteiger charge is -2.28. The second-order valence-corrected chi connectivity index (χ2v) is 8.36. The highest BCUT2D eigenvalue weighted by atomic mass is 32.2. The van der Waals surface area contributed by atoms with Crippen molar-refractivity contribution in [3.05, 3.63) is 29.8 Å². The number of nitrogens with one attached hydrogen (secondary N) is 1. The van der Waals surface area contributed by atoms with Crippen LogP contribution in [0, 0.1) is 5.92 Å². The number of benzene rings is 1. The van der Waals surface area contributed by atoms with Crippen molar-refractivity contribution < 1.29 is 27.9 Å². The van der Waals surface area contributed by atoms with E-state index in [9.17, 15) is 23.1 Å². The first-order chi connectivity index (χ1) is 11.8. The van der Waals surface area contributed by atoms with Gasteiger partial charge in [0.15, 0.2) is 9.84 Å². The lowest BCUT2D eigenvalue weighted by molar-refractivity contribution is -0.145. The Labute approximate surface area is 147 Å². The summed E-state index contributed by atoms with van der Waals surface area (Å²) in [5.74, 6) is -1.72. The molecule has 0 spiro atoms. The van der Waals surface area contributed by atoms with Gasteiger partial charge in [-0.05, 0) is 30.5 Å². The van der Waals surface area contributed by atoms with Crippen molar-refractivity contribution >= 4 is 21.7 Å². The minimum absolute atomic E-state index is 0.0101. The molecule has 8 heteroatoms. The zero-order valence-electron chi connectivity index (χ0n) is 14.1. The summed E-state index contributed by atoms with van der Waals surface area (Å²) >= 11 is 0. The predicted molar refractivity (Wildman–Crippen MR) is 91.0 cm³/mol. The average molecular weight is 369 g/mol. The maximum Gasteiger partial charge on any atom is 0.326 e. The third kappa shape index (κ3) is 5.27. The number of rotatable bonds is 7. The molecular formula is C17H23NO6S. The summed E-state index contributed by atoms with van der Waals surface area (Å²) in [5, 5.41) is 11.9. The smallest absolute Gasteiger partial charge is 0.326 e. The standard InChI is InChI=1S/C17H23NO6S/c1-2-25(22,23)14-7-5-12(6-8-14)10-15(19)18-16(17(20)21)13-4-3-9-24-11-13/h5-8,13,16H,2-4,9-11H2,1H3,(H,18,19)(H,20,21). The number of sulfone groups is 1. The Balaban J connectivity index is 1.99. The van der Waals surface area contributed by atoms with Crippen LogP contribution in [0.3, 0.4) is 0 Å². The van der Waals surface area contributed by atoms with Gasteiger partial charge < -0.3 is 15.2 Å². The van der Waals surface area contributed by atoms with Gasteiger partial charge in [-0.3, -0.25) is 4.79 Å². The maximum absolute atomic E-state index is 12.2. The van der Waals surface area contributed by atoms with E-state index in [2.05, 4.69) is 5.32 Å². The first-order valence-corrected chi connectivity index (χ1v) is 9.90. The van der Waals surface area contributed by atoms with Crippen LogP contribution in [0.15, 0.2) is 29.2 Å². The van der Waals surface area contributed by atoms with Gasteiger partial charge >= 0.3 is 5.97 Å². The van der Waals surface area contributed by atoms with E-state index < -0.39 is 27.8 Å². The first-order valence-electron chi connectivity index (χ1n) is 8.25. The molecule has 1 fully saturated rings. The van der Waals surface area contributed by atoms with Crippen LogP contribution in [0.2, 0.25) is 0 Å². The highest BCUT2D eigenvalue weighted by Crippen LogP contribution is 2.18. The SMILES string of the molecule is CCS(=O)(=O)c1ccc(CC(=O)NC(C(=O)O)C2CCCOC2)cc1. The number of carboxylic acids is 1. The lowest BCUT2D eigenvalue weighted by atomic mass is 9.93. The second-order valence-electron chi connectivity index (χ2n) is 6.08. The molecule has 1 heterocycles.